The van der Waals surface area contributed by atoms with Crippen LogP contribution < -0.4 is 0 Å². The molecular formula is C15H11Br2Cl2NO. The van der Waals surface area contributed by atoms with Gasteiger partial charge < -0.3 is 4.90 Å². The van der Waals surface area contributed by atoms with E-state index < -0.39 is 0 Å². The van der Waals surface area contributed by atoms with Crippen molar-refractivity contribution in [3.63, 3.8) is 0 Å². The predicted octanol–water partition coefficient (Wildman–Crippen LogP) is 5.79. The third-order valence-electron chi connectivity index (χ3n) is 2.95. The van der Waals surface area contributed by atoms with E-state index in [1.54, 1.807) is 24.1 Å². The maximum absolute atomic E-state index is 12.5. The van der Waals surface area contributed by atoms with Crippen molar-refractivity contribution in [3.05, 3.63) is 66.5 Å². The molecule has 0 aliphatic heterocycles. The van der Waals surface area contributed by atoms with Crippen LogP contribution in [-0.2, 0) is 6.54 Å². The van der Waals surface area contributed by atoms with Crippen molar-refractivity contribution in [2.24, 2.45) is 0 Å². The molecule has 0 bridgehead atoms. The van der Waals surface area contributed by atoms with Crippen LogP contribution in [0, 0.1) is 0 Å². The van der Waals surface area contributed by atoms with E-state index in [1.165, 1.54) is 0 Å². The Morgan fingerprint density at radius 3 is 2.57 bits per heavy atom. The molecule has 6 heteroatoms. The van der Waals surface area contributed by atoms with E-state index in [4.69, 9.17) is 23.2 Å². The highest BCUT2D eigenvalue weighted by atomic mass is 79.9. The fourth-order valence-electron chi connectivity index (χ4n) is 1.87. The molecule has 110 valence electrons. The number of carbonyl (C=O) groups excluding carboxylic acids is 1. The number of benzene rings is 2. The van der Waals surface area contributed by atoms with Gasteiger partial charge in [-0.3, -0.25) is 4.79 Å². The third-order valence-corrected chi connectivity index (χ3v) is 4.95. The summed E-state index contributed by atoms with van der Waals surface area (Å²) in [7, 11) is 1.73. The first-order valence-corrected chi connectivity index (χ1v) is 8.37. The smallest absolute Gasteiger partial charge is 0.255 e. The quantitative estimate of drug-likeness (QED) is 0.578. The lowest BCUT2D eigenvalue weighted by Gasteiger charge is -2.19. The highest BCUT2D eigenvalue weighted by Gasteiger charge is 2.16. The van der Waals surface area contributed by atoms with Crippen LogP contribution in [0.2, 0.25) is 10.0 Å². The normalized spacial score (nSPS) is 10.5. The number of hydrogen-bond acceptors (Lipinski definition) is 1. The van der Waals surface area contributed by atoms with Crippen molar-refractivity contribution in [3.8, 4) is 0 Å². The fraction of sp³-hybridized carbons (Fsp3) is 0.133. The Labute approximate surface area is 150 Å². The Hall–Kier alpha value is -0.550. The number of carbonyl (C=O) groups is 1. The van der Waals surface area contributed by atoms with E-state index in [2.05, 4.69) is 31.9 Å². The first-order chi connectivity index (χ1) is 9.90. The number of rotatable bonds is 3. The molecule has 0 unspecified atom stereocenters. The lowest BCUT2D eigenvalue weighted by Crippen LogP contribution is -2.26. The van der Waals surface area contributed by atoms with Crippen LogP contribution in [0.3, 0.4) is 0 Å². The van der Waals surface area contributed by atoms with E-state index in [1.807, 2.05) is 24.3 Å². The maximum atomic E-state index is 12.5. The zero-order valence-electron chi connectivity index (χ0n) is 11.0. The van der Waals surface area contributed by atoms with Crippen molar-refractivity contribution in [2.45, 2.75) is 6.54 Å². The molecule has 0 aromatic heterocycles. The van der Waals surface area contributed by atoms with E-state index in [0.717, 1.165) is 14.5 Å². The van der Waals surface area contributed by atoms with Gasteiger partial charge in [-0.05, 0) is 45.8 Å². The molecule has 0 aliphatic rings. The van der Waals surface area contributed by atoms with Crippen LogP contribution >= 0.6 is 55.1 Å². The van der Waals surface area contributed by atoms with Crippen molar-refractivity contribution in [1.29, 1.82) is 0 Å². The molecule has 21 heavy (non-hydrogen) atoms. The van der Waals surface area contributed by atoms with Crippen LogP contribution in [0.5, 0.6) is 0 Å². The van der Waals surface area contributed by atoms with Crippen LogP contribution in [0.4, 0.5) is 0 Å². The topological polar surface area (TPSA) is 20.3 Å². The van der Waals surface area contributed by atoms with Gasteiger partial charge in [-0.25, -0.2) is 0 Å². The molecule has 0 spiro atoms. The van der Waals surface area contributed by atoms with Gasteiger partial charge in [-0.1, -0.05) is 51.3 Å². The zero-order valence-corrected chi connectivity index (χ0v) is 15.7. The van der Waals surface area contributed by atoms with Gasteiger partial charge in [-0.15, -0.1) is 0 Å². The monoisotopic (exact) mass is 449 g/mol. The molecule has 1 amide bonds. The fourth-order valence-corrected chi connectivity index (χ4v) is 3.46. The minimum atomic E-state index is -0.0922. The lowest BCUT2D eigenvalue weighted by atomic mass is 10.1. The van der Waals surface area contributed by atoms with Gasteiger partial charge in [0.05, 0.1) is 15.6 Å². The average molecular weight is 452 g/mol. The standard InChI is InChI=1S/C15H11Br2Cl2NO/c1-20(8-9-3-2-4-13(18)14(9)19)15(21)11-6-5-10(16)7-12(11)17/h2-7H,8H2,1H3. The van der Waals surface area contributed by atoms with E-state index in [0.29, 0.717) is 22.2 Å². The van der Waals surface area contributed by atoms with Crippen molar-refractivity contribution in [2.75, 3.05) is 7.05 Å². The van der Waals surface area contributed by atoms with Crippen LogP contribution in [0.1, 0.15) is 15.9 Å². The van der Waals surface area contributed by atoms with E-state index in [9.17, 15) is 4.79 Å². The second-order valence-electron chi connectivity index (χ2n) is 4.50. The molecule has 0 heterocycles. The summed E-state index contributed by atoms with van der Waals surface area (Å²) < 4.78 is 1.65. The number of nitrogens with zero attached hydrogens (tertiary/aromatic N) is 1. The molecule has 0 saturated carbocycles. The second kappa shape index (κ2) is 7.14. The van der Waals surface area contributed by atoms with Gasteiger partial charge in [0.2, 0.25) is 0 Å². The van der Waals surface area contributed by atoms with Crippen molar-refractivity contribution < 1.29 is 4.79 Å². The molecule has 0 fully saturated rings. The summed E-state index contributed by atoms with van der Waals surface area (Å²) in [4.78, 5) is 14.1. The maximum Gasteiger partial charge on any atom is 0.255 e. The summed E-state index contributed by atoms with van der Waals surface area (Å²) in [6, 6.07) is 10.8. The van der Waals surface area contributed by atoms with Gasteiger partial charge in [0.1, 0.15) is 0 Å². The van der Waals surface area contributed by atoms with Crippen LogP contribution in [0.15, 0.2) is 45.3 Å². The van der Waals surface area contributed by atoms with E-state index >= 15 is 0 Å². The van der Waals surface area contributed by atoms with Crippen molar-refractivity contribution in [1.82, 2.24) is 4.90 Å². The second-order valence-corrected chi connectivity index (χ2v) is 7.05. The van der Waals surface area contributed by atoms with Gasteiger partial charge in [0, 0.05) is 22.5 Å². The highest BCUT2D eigenvalue weighted by molar-refractivity contribution is 9.11. The molecule has 0 saturated heterocycles. The minimum Gasteiger partial charge on any atom is -0.337 e. The van der Waals surface area contributed by atoms with Gasteiger partial charge >= 0.3 is 0 Å². The Kier molecular flexibility index (Phi) is 5.72. The van der Waals surface area contributed by atoms with Gasteiger partial charge in [0.15, 0.2) is 0 Å². The summed E-state index contributed by atoms with van der Waals surface area (Å²) in [5.74, 6) is -0.0922. The Bertz CT molecular complexity index is 691. The molecule has 0 N–H and O–H groups in total. The Balaban J connectivity index is 2.21. The zero-order chi connectivity index (χ0) is 15.6. The van der Waals surface area contributed by atoms with Crippen LogP contribution in [0.25, 0.3) is 0 Å². The summed E-state index contributed by atoms with van der Waals surface area (Å²) in [6.07, 6.45) is 0. The lowest BCUT2D eigenvalue weighted by molar-refractivity contribution is 0.0784. The summed E-state index contributed by atoms with van der Waals surface area (Å²) in [5, 5.41) is 0.966. The first-order valence-electron chi connectivity index (χ1n) is 6.03. The molecule has 0 aliphatic carbocycles. The predicted molar refractivity (Wildman–Crippen MR) is 94.1 cm³/mol. The van der Waals surface area contributed by atoms with Gasteiger partial charge in [-0.2, -0.15) is 0 Å². The van der Waals surface area contributed by atoms with Crippen LogP contribution in [-0.4, -0.2) is 17.9 Å². The summed E-state index contributed by atoms with van der Waals surface area (Å²) >= 11 is 18.9. The minimum absolute atomic E-state index is 0.0922. The Morgan fingerprint density at radius 1 is 1.19 bits per heavy atom. The van der Waals surface area contributed by atoms with E-state index in [-0.39, 0.29) is 5.91 Å². The highest BCUT2D eigenvalue weighted by Crippen LogP contribution is 2.27. The average Bonchev–Trinajstić information content (AvgIpc) is 2.43. The number of amides is 1. The molecular weight excluding hydrogens is 441 g/mol. The largest absolute Gasteiger partial charge is 0.337 e. The van der Waals surface area contributed by atoms with Gasteiger partial charge in [0.25, 0.3) is 5.91 Å². The summed E-state index contributed by atoms with van der Waals surface area (Å²) in [6.45, 7) is 0.390. The first kappa shape index (κ1) is 16.8. The summed E-state index contributed by atoms with van der Waals surface area (Å²) in [5.41, 5.74) is 1.41. The molecule has 0 radical (unpaired) electrons. The Morgan fingerprint density at radius 2 is 1.90 bits per heavy atom. The molecule has 0 atom stereocenters. The SMILES string of the molecule is CN(Cc1cccc(Cl)c1Cl)C(=O)c1ccc(Br)cc1Br. The molecule has 2 nitrogen and oxygen atoms in total. The number of hydrogen-bond donors (Lipinski definition) is 0. The molecule has 2 aromatic carbocycles. The third kappa shape index (κ3) is 4.01. The van der Waals surface area contributed by atoms with Crippen molar-refractivity contribution >= 4 is 61.0 Å². The number of halogens is 4. The molecule has 2 rings (SSSR count). The molecule has 2 aromatic rings.